The molecule has 1 aliphatic rings. The molecule has 0 atom stereocenters. The second-order valence-corrected chi connectivity index (χ2v) is 7.27. The number of nitrogen functional groups attached to an aromatic ring is 1. The van der Waals surface area contributed by atoms with Crippen LogP contribution in [0.5, 0.6) is 0 Å². The largest absolute Gasteiger partial charge is 0.397 e. The first kappa shape index (κ1) is 19.6. The van der Waals surface area contributed by atoms with Gasteiger partial charge in [0.15, 0.2) is 5.13 Å². The highest BCUT2D eigenvalue weighted by Gasteiger charge is 2.17. The number of carbonyl (C=O) groups is 1. The number of nitrogens with two attached hydrogens (primary N) is 1. The lowest BCUT2D eigenvalue weighted by Gasteiger charge is -2.26. The van der Waals surface area contributed by atoms with E-state index in [1.54, 1.807) is 24.6 Å². The Bertz CT molecular complexity index is 950. The van der Waals surface area contributed by atoms with Gasteiger partial charge in [-0.2, -0.15) is 0 Å². The monoisotopic (exact) mass is 394 g/mol. The quantitative estimate of drug-likeness (QED) is 0.411. The van der Waals surface area contributed by atoms with Gasteiger partial charge in [-0.05, 0) is 36.3 Å². The van der Waals surface area contributed by atoms with Crippen LogP contribution in [0.4, 0.5) is 16.5 Å². The summed E-state index contributed by atoms with van der Waals surface area (Å²) in [5.74, 6) is -0.224. The van der Waals surface area contributed by atoms with E-state index in [2.05, 4.69) is 31.6 Å². The number of nitrogens with zero attached hydrogens (tertiary/aromatic N) is 3. The summed E-state index contributed by atoms with van der Waals surface area (Å²) in [4.78, 5) is 23.5. The SMILES string of the molecule is C#CN=C/C=C(\C)c1ccc(N)c(NC(=O)c2cnc(N3CCNCC3)s2)c1. The highest BCUT2D eigenvalue weighted by molar-refractivity contribution is 7.17. The lowest BCUT2D eigenvalue weighted by molar-refractivity contribution is 0.103. The van der Waals surface area contributed by atoms with Crippen LogP contribution in [0.2, 0.25) is 0 Å². The van der Waals surface area contributed by atoms with E-state index in [0.717, 1.165) is 42.4 Å². The topological polar surface area (TPSA) is 95.6 Å². The number of nitrogens with one attached hydrogen (secondary N) is 2. The van der Waals surface area contributed by atoms with E-state index < -0.39 is 0 Å². The van der Waals surface area contributed by atoms with Crippen LogP contribution < -0.4 is 21.3 Å². The van der Waals surface area contributed by atoms with Crippen LogP contribution in [0, 0.1) is 12.5 Å². The zero-order valence-corrected chi connectivity index (χ0v) is 16.4. The summed E-state index contributed by atoms with van der Waals surface area (Å²) in [6.45, 7) is 5.55. The third kappa shape index (κ3) is 4.76. The van der Waals surface area contributed by atoms with Crippen LogP contribution in [-0.2, 0) is 0 Å². The Morgan fingerprint density at radius 1 is 1.46 bits per heavy atom. The lowest BCUT2D eigenvalue weighted by atomic mass is 10.1. The van der Waals surface area contributed by atoms with Crippen molar-refractivity contribution >= 4 is 45.5 Å². The van der Waals surface area contributed by atoms with Gasteiger partial charge >= 0.3 is 0 Å². The molecule has 7 nitrogen and oxygen atoms in total. The zero-order chi connectivity index (χ0) is 19.9. The van der Waals surface area contributed by atoms with Crippen molar-refractivity contribution in [3.63, 3.8) is 0 Å². The number of piperazine rings is 1. The first-order valence-corrected chi connectivity index (χ1v) is 9.68. The van der Waals surface area contributed by atoms with Crippen molar-refractivity contribution in [1.82, 2.24) is 10.3 Å². The van der Waals surface area contributed by atoms with E-state index in [4.69, 9.17) is 12.2 Å². The third-order valence-electron chi connectivity index (χ3n) is 4.34. The number of hydrogen-bond donors (Lipinski definition) is 3. The number of benzene rings is 1. The number of amides is 1. The molecule has 4 N–H and O–H groups in total. The normalized spacial score (nSPS) is 14.9. The second kappa shape index (κ2) is 9.17. The number of rotatable bonds is 5. The molecule has 1 fully saturated rings. The second-order valence-electron chi connectivity index (χ2n) is 6.26. The van der Waals surface area contributed by atoms with Gasteiger partial charge in [-0.1, -0.05) is 23.8 Å². The van der Waals surface area contributed by atoms with Gasteiger partial charge in [0.1, 0.15) is 4.88 Å². The Hall–Kier alpha value is -3.15. The van der Waals surface area contributed by atoms with Gasteiger partial charge in [-0.25, -0.2) is 9.98 Å². The fraction of sp³-hybridized carbons (Fsp3) is 0.250. The van der Waals surface area contributed by atoms with E-state index in [1.807, 2.05) is 19.1 Å². The molecule has 1 amide bonds. The molecule has 0 spiro atoms. The molecule has 3 rings (SSSR count). The van der Waals surface area contributed by atoms with E-state index in [1.165, 1.54) is 11.3 Å². The zero-order valence-electron chi connectivity index (χ0n) is 15.6. The van der Waals surface area contributed by atoms with Crippen molar-refractivity contribution in [1.29, 1.82) is 0 Å². The van der Waals surface area contributed by atoms with Gasteiger partial charge in [-0.3, -0.25) is 4.79 Å². The molecule has 0 bridgehead atoms. The number of aliphatic imine (C=N–C) groups is 1. The molecule has 1 saturated heterocycles. The van der Waals surface area contributed by atoms with Crippen molar-refractivity contribution in [3.05, 3.63) is 40.9 Å². The fourth-order valence-corrected chi connectivity index (χ4v) is 3.62. The first-order chi connectivity index (χ1) is 13.6. The fourth-order valence-electron chi connectivity index (χ4n) is 2.75. The number of anilines is 3. The molecule has 28 heavy (non-hydrogen) atoms. The third-order valence-corrected chi connectivity index (χ3v) is 5.39. The molecule has 1 aliphatic heterocycles. The van der Waals surface area contributed by atoms with Crippen molar-refractivity contribution < 1.29 is 4.79 Å². The van der Waals surface area contributed by atoms with Crippen LogP contribution in [0.15, 0.2) is 35.5 Å². The number of carbonyl (C=O) groups excluding carboxylic acids is 1. The molecule has 0 unspecified atom stereocenters. The minimum atomic E-state index is -0.224. The minimum absolute atomic E-state index is 0.224. The number of allylic oxidation sites excluding steroid dienone is 2. The Balaban J connectivity index is 1.74. The molecular weight excluding hydrogens is 372 g/mol. The van der Waals surface area contributed by atoms with E-state index in [-0.39, 0.29) is 5.91 Å². The highest BCUT2D eigenvalue weighted by atomic mass is 32.1. The summed E-state index contributed by atoms with van der Waals surface area (Å²) >= 11 is 1.38. The van der Waals surface area contributed by atoms with Gasteiger partial charge in [-0.15, -0.1) is 0 Å². The van der Waals surface area contributed by atoms with Crippen LogP contribution in [0.1, 0.15) is 22.2 Å². The number of aromatic nitrogens is 1. The molecule has 2 aromatic rings. The maximum atomic E-state index is 12.7. The van der Waals surface area contributed by atoms with Crippen LogP contribution in [0.3, 0.4) is 0 Å². The molecule has 1 aromatic carbocycles. The summed E-state index contributed by atoms with van der Waals surface area (Å²) in [7, 11) is 0. The summed E-state index contributed by atoms with van der Waals surface area (Å²) in [5, 5.41) is 7.05. The van der Waals surface area contributed by atoms with Crippen LogP contribution >= 0.6 is 11.3 Å². The van der Waals surface area contributed by atoms with Crippen molar-refractivity contribution in [2.75, 3.05) is 42.1 Å². The van der Waals surface area contributed by atoms with Gasteiger partial charge in [0.25, 0.3) is 5.91 Å². The summed E-state index contributed by atoms with van der Waals surface area (Å²) in [5.41, 5.74) is 8.96. The van der Waals surface area contributed by atoms with Crippen LogP contribution in [0.25, 0.3) is 5.57 Å². The van der Waals surface area contributed by atoms with E-state index in [9.17, 15) is 4.79 Å². The van der Waals surface area contributed by atoms with Gasteiger partial charge in [0.2, 0.25) is 0 Å². The number of terminal acetylenes is 1. The molecule has 1 aromatic heterocycles. The van der Waals surface area contributed by atoms with E-state index in [0.29, 0.717) is 16.3 Å². The molecule has 0 aliphatic carbocycles. The maximum absolute atomic E-state index is 12.7. The first-order valence-electron chi connectivity index (χ1n) is 8.87. The molecule has 2 heterocycles. The summed E-state index contributed by atoms with van der Waals surface area (Å²) < 4.78 is 0. The number of hydrogen-bond acceptors (Lipinski definition) is 7. The van der Waals surface area contributed by atoms with E-state index >= 15 is 0 Å². The molecule has 0 saturated carbocycles. The van der Waals surface area contributed by atoms with Gasteiger partial charge < -0.3 is 21.3 Å². The molecule has 144 valence electrons. The van der Waals surface area contributed by atoms with Crippen molar-refractivity contribution in [3.8, 4) is 12.5 Å². The highest BCUT2D eigenvalue weighted by Crippen LogP contribution is 2.27. The Kier molecular flexibility index (Phi) is 6.42. The minimum Gasteiger partial charge on any atom is -0.397 e. The predicted octanol–water partition coefficient (Wildman–Crippen LogP) is 2.45. The van der Waals surface area contributed by atoms with Gasteiger partial charge in [0.05, 0.1) is 17.6 Å². The Labute approximate surface area is 168 Å². The molecule has 8 heteroatoms. The average molecular weight is 395 g/mol. The standard InChI is InChI=1S/C20H22N6OS/c1-3-22-7-6-14(2)15-4-5-16(21)17(12-15)25-19(27)18-13-24-20(28-18)26-10-8-23-9-11-26/h1,4-7,12-13,23H,8-11,21H2,2H3,(H,25,27)/b14-6+,22-7?. The summed E-state index contributed by atoms with van der Waals surface area (Å²) in [6.07, 6.45) is 10.1. The van der Waals surface area contributed by atoms with Gasteiger partial charge in [0, 0.05) is 38.4 Å². The molecule has 0 radical (unpaired) electrons. The predicted molar refractivity (Wildman–Crippen MR) is 117 cm³/mol. The van der Waals surface area contributed by atoms with Crippen molar-refractivity contribution in [2.45, 2.75) is 6.92 Å². The summed E-state index contributed by atoms with van der Waals surface area (Å²) in [6, 6.07) is 7.68. The smallest absolute Gasteiger partial charge is 0.267 e. The van der Waals surface area contributed by atoms with Crippen LogP contribution in [-0.4, -0.2) is 43.3 Å². The molecular formula is C20H22N6OS. The number of thiazole rings is 1. The Morgan fingerprint density at radius 2 is 2.25 bits per heavy atom. The maximum Gasteiger partial charge on any atom is 0.267 e. The average Bonchev–Trinajstić information content (AvgIpc) is 3.21. The Morgan fingerprint density at radius 3 is 3.00 bits per heavy atom. The van der Waals surface area contributed by atoms with Crippen molar-refractivity contribution in [2.24, 2.45) is 4.99 Å². The lowest BCUT2D eigenvalue weighted by Crippen LogP contribution is -2.43.